The fourth-order valence-electron chi connectivity index (χ4n) is 3.80. The lowest BCUT2D eigenvalue weighted by Gasteiger charge is -2.35. The summed E-state index contributed by atoms with van der Waals surface area (Å²) in [6.07, 6.45) is 3.54. The lowest BCUT2D eigenvalue weighted by molar-refractivity contribution is -0.133. The zero-order valence-corrected chi connectivity index (χ0v) is 16.6. The minimum absolute atomic E-state index is 0.0563. The van der Waals surface area contributed by atoms with Crippen molar-refractivity contribution >= 4 is 23.3 Å². The number of piperidine rings is 1. The van der Waals surface area contributed by atoms with Gasteiger partial charge in [-0.2, -0.15) is 0 Å². The van der Waals surface area contributed by atoms with Crippen molar-refractivity contribution in [3.05, 3.63) is 10.6 Å². The lowest BCUT2D eigenvalue weighted by Crippen LogP contribution is -2.48. The van der Waals surface area contributed by atoms with Crippen molar-refractivity contribution in [3.8, 4) is 0 Å². The van der Waals surface area contributed by atoms with Gasteiger partial charge in [0.25, 0.3) is 5.91 Å². The first kappa shape index (κ1) is 19.2. The van der Waals surface area contributed by atoms with Gasteiger partial charge in [0.15, 0.2) is 0 Å². The minimum atomic E-state index is 0.0563. The average molecular weight is 380 g/mol. The van der Waals surface area contributed by atoms with Crippen LogP contribution >= 0.6 is 11.5 Å². The van der Waals surface area contributed by atoms with Gasteiger partial charge in [-0.1, -0.05) is 11.4 Å². The number of amides is 2. The van der Waals surface area contributed by atoms with Crippen LogP contribution in [0.2, 0.25) is 0 Å². The summed E-state index contributed by atoms with van der Waals surface area (Å²) in [4.78, 5) is 31.9. The second-order valence-electron chi connectivity index (χ2n) is 7.28. The molecule has 7 nitrogen and oxygen atoms in total. The Balaban J connectivity index is 1.38. The van der Waals surface area contributed by atoms with Gasteiger partial charge in [0.2, 0.25) is 5.91 Å². The first-order valence-corrected chi connectivity index (χ1v) is 10.4. The van der Waals surface area contributed by atoms with Crippen LogP contribution in [0.1, 0.15) is 48.0 Å². The number of carbonyl (C=O) groups is 2. The summed E-state index contributed by atoms with van der Waals surface area (Å²) in [6.45, 7) is 10.3. The largest absolute Gasteiger partial charge is 0.340 e. The highest BCUT2D eigenvalue weighted by atomic mass is 32.1. The topological polar surface area (TPSA) is 69.6 Å². The molecule has 0 saturated carbocycles. The third kappa shape index (κ3) is 4.59. The fourth-order valence-corrected chi connectivity index (χ4v) is 4.42. The van der Waals surface area contributed by atoms with Gasteiger partial charge >= 0.3 is 0 Å². The summed E-state index contributed by atoms with van der Waals surface area (Å²) in [6, 6.07) is 0. The highest BCUT2D eigenvalue weighted by Gasteiger charge is 2.27. The molecule has 0 unspecified atom stereocenters. The molecule has 144 valence electrons. The Morgan fingerprint density at radius 1 is 1.08 bits per heavy atom. The second-order valence-corrected chi connectivity index (χ2v) is 8.03. The molecular formula is C18H29N5O2S. The van der Waals surface area contributed by atoms with E-state index in [0.29, 0.717) is 23.1 Å². The van der Waals surface area contributed by atoms with Gasteiger partial charge in [-0.3, -0.25) is 9.59 Å². The Morgan fingerprint density at radius 3 is 2.35 bits per heavy atom. The maximum Gasteiger partial charge on any atom is 0.267 e. The van der Waals surface area contributed by atoms with Crippen LogP contribution in [-0.2, 0) is 4.79 Å². The first-order chi connectivity index (χ1) is 12.6. The molecule has 2 fully saturated rings. The third-order valence-corrected chi connectivity index (χ3v) is 6.50. The van der Waals surface area contributed by atoms with Gasteiger partial charge in [-0.05, 0) is 50.2 Å². The number of carbonyl (C=O) groups excluding carboxylic acids is 2. The van der Waals surface area contributed by atoms with Crippen molar-refractivity contribution < 1.29 is 9.59 Å². The van der Waals surface area contributed by atoms with Crippen LogP contribution in [0.5, 0.6) is 0 Å². The predicted molar refractivity (Wildman–Crippen MR) is 101 cm³/mol. The SMILES string of the molecule is CCN1CCN(C(=O)CCC2CCN(C(=O)c3snnc3C)CC2)CC1. The van der Waals surface area contributed by atoms with E-state index in [1.54, 1.807) is 0 Å². The molecule has 2 amide bonds. The molecule has 0 atom stereocenters. The van der Waals surface area contributed by atoms with E-state index >= 15 is 0 Å². The van der Waals surface area contributed by atoms with E-state index in [1.165, 1.54) is 11.5 Å². The quantitative estimate of drug-likeness (QED) is 0.778. The number of rotatable bonds is 5. The second kappa shape index (κ2) is 8.90. The van der Waals surface area contributed by atoms with Gasteiger partial charge < -0.3 is 14.7 Å². The van der Waals surface area contributed by atoms with Crippen LogP contribution in [0, 0.1) is 12.8 Å². The maximum absolute atomic E-state index is 12.5. The van der Waals surface area contributed by atoms with Crippen molar-refractivity contribution in [2.45, 2.75) is 39.5 Å². The standard InChI is InChI=1S/C18H29N5O2S/c1-3-21-10-12-22(13-11-21)16(24)5-4-15-6-8-23(9-7-15)18(25)17-14(2)19-20-26-17/h15H,3-13H2,1-2H3. The molecule has 0 aliphatic carbocycles. The Morgan fingerprint density at radius 2 is 1.77 bits per heavy atom. The molecule has 0 spiro atoms. The van der Waals surface area contributed by atoms with Crippen LogP contribution < -0.4 is 0 Å². The lowest BCUT2D eigenvalue weighted by atomic mass is 9.91. The monoisotopic (exact) mass is 379 g/mol. The molecule has 26 heavy (non-hydrogen) atoms. The molecule has 8 heteroatoms. The smallest absolute Gasteiger partial charge is 0.267 e. The van der Waals surface area contributed by atoms with Crippen molar-refractivity contribution in [2.75, 3.05) is 45.8 Å². The van der Waals surface area contributed by atoms with E-state index in [9.17, 15) is 9.59 Å². The molecule has 1 aromatic heterocycles. The Labute approximate surface area is 159 Å². The zero-order chi connectivity index (χ0) is 18.5. The molecule has 0 N–H and O–H groups in total. The first-order valence-electron chi connectivity index (χ1n) is 9.66. The van der Waals surface area contributed by atoms with Crippen LogP contribution in [0.4, 0.5) is 0 Å². The van der Waals surface area contributed by atoms with Crippen LogP contribution in [0.25, 0.3) is 0 Å². The maximum atomic E-state index is 12.5. The van der Waals surface area contributed by atoms with Crippen LogP contribution in [-0.4, -0.2) is 81.9 Å². The molecule has 0 aromatic carbocycles. The van der Waals surface area contributed by atoms with E-state index in [4.69, 9.17) is 0 Å². The number of likely N-dealkylation sites (tertiary alicyclic amines) is 1. The molecule has 0 radical (unpaired) electrons. The van der Waals surface area contributed by atoms with E-state index < -0.39 is 0 Å². The molecule has 0 bridgehead atoms. The summed E-state index contributed by atoms with van der Waals surface area (Å²) in [5.41, 5.74) is 0.718. The summed E-state index contributed by atoms with van der Waals surface area (Å²) in [7, 11) is 0. The van der Waals surface area contributed by atoms with E-state index in [2.05, 4.69) is 21.4 Å². The minimum Gasteiger partial charge on any atom is -0.340 e. The predicted octanol–water partition coefficient (Wildman–Crippen LogP) is 1.64. The van der Waals surface area contributed by atoms with Crippen LogP contribution in [0.3, 0.4) is 0 Å². The van der Waals surface area contributed by atoms with Gasteiger partial charge in [0.1, 0.15) is 4.88 Å². The summed E-state index contributed by atoms with van der Waals surface area (Å²) in [5.74, 6) is 0.895. The molecule has 3 heterocycles. The number of nitrogens with zero attached hydrogens (tertiary/aromatic N) is 5. The molecule has 2 saturated heterocycles. The fraction of sp³-hybridized carbons (Fsp3) is 0.778. The van der Waals surface area contributed by atoms with E-state index in [0.717, 1.165) is 70.8 Å². The number of aromatic nitrogens is 2. The third-order valence-electron chi connectivity index (χ3n) is 5.69. The Kier molecular flexibility index (Phi) is 6.58. The summed E-state index contributed by atoms with van der Waals surface area (Å²) < 4.78 is 3.85. The summed E-state index contributed by atoms with van der Waals surface area (Å²) in [5, 5.41) is 3.93. The van der Waals surface area contributed by atoms with Crippen molar-refractivity contribution in [1.29, 1.82) is 0 Å². The van der Waals surface area contributed by atoms with Gasteiger partial charge in [0, 0.05) is 45.7 Å². The normalized spacial score (nSPS) is 19.8. The van der Waals surface area contributed by atoms with Crippen molar-refractivity contribution in [2.24, 2.45) is 5.92 Å². The Bertz CT molecular complexity index is 619. The highest BCUT2D eigenvalue weighted by Crippen LogP contribution is 2.24. The molecule has 2 aliphatic rings. The molecular weight excluding hydrogens is 350 g/mol. The number of aryl methyl sites for hydroxylation is 1. The van der Waals surface area contributed by atoms with Crippen LogP contribution in [0.15, 0.2) is 0 Å². The van der Waals surface area contributed by atoms with E-state index in [-0.39, 0.29) is 5.91 Å². The van der Waals surface area contributed by atoms with Crippen molar-refractivity contribution in [1.82, 2.24) is 24.3 Å². The number of hydrogen-bond acceptors (Lipinski definition) is 6. The highest BCUT2D eigenvalue weighted by molar-refractivity contribution is 7.07. The van der Waals surface area contributed by atoms with Gasteiger partial charge in [0.05, 0.1) is 5.69 Å². The summed E-state index contributed by atoms with van der Waals surface area (Å²) >= 11 is 1.18. The van der Waals surface area contributed by atoms with Gasteiger partial charge in [-0.25, -0.2) is 0 Å². The number of piperazine rings is 1. The van der Waals surface area contributed by atoms with Crippen molar-refractivity contribution in [3.63, 3.8) is 0 Å². The Hall–Kier alpha value is -1.54. The van der Waals surface area contributed by atoms with E-state index in [1.807, 2.05) is 16.7 Å². The molecule has 3 rings (SSSR count). The molecule has 1 aromatic rings. The number of likely N-dealkylation sites (N-methyl/N-ethyl adjacent to an activating group) is 1. The van der Waals surface area contributed by atoms with Gasteiger partial charge in [-0.15, -0.1) is 5.10 Å². The molecule has 2 aliphatic heterocycles. The number of hydrogen-bond donors (Lipinski definition) is 0. The average Bonchev–Trinajstić information content (AvgIpc) is 3.12. The zero-order valence-electron chi connectivity index (χ0n) is 15.8.